The number of nitrogens with one attached hydrogen (secondary N) is 1. The van der Waals surface area contributed by atoms with Gasteiger partial charge in [-0.1, -0.05) is 45.4 Å². The first-order chi connectivity index (χ1) is 14.6. The van der Waals surface area contributed by atoms with Gasteiger partial charge in [-0.3, -0.25) is 9.59 Å². The Hall–Kier alpha value is -2.60. The number of anilines is 1. The van der Waals surface area contributed by atoms with Crippen molar-refractivity contribution >= 4 is 29.1 Å². The zero-order chi connectivity index (χ0) is 22.8. The van der Waals surface area contributed by atoms with Crippen LogP contribution < -0.4 is 10.1 Å². The Labute approximate surface area is 187 Å². The van der Waals surface area contributed by atoms with Crippen LogP contribution in [0.5, 0.6) is 5.75 Å². The summed E-state index contributed by atoms with van der Waals surface area (Å²) in [6, 6.07) is 9.55. The zero-order valence-corrected chi connectivity index (χ0v) is 19.1. The normalized spacial score (nSPS) is 16.4. The van der Waals surface area contributed by atoms with Crippen molar-refractivity contribution in [2.45, 2.75) is 59.7 Å². The molecule has 1 atom stereocenters. The third-order valence-corrected chi connectivity index (χ3v) is 5.35. The van der Waals surface area contributed by atoms with Crippen molar-refractivity contribution in [3.63, 3.8) is 0 Å². The van der Waals surface area contributed by atoms with Crippen molar-refractivity contribution in [3.05, 3.63) is 58.4 Å². The molecule has 7 heteroatoms. The maximum atomic E-state index is 13.4. The standard InChI is InChI=1S/C24H28ClFN2O3/c1-5-20-23(30)28(13-15-6-7-17(26)11-19(15)25)14-16-10-18(8-9-21(16)31-20)27-22(29)12-24(2,3)4/h6-11,20H,5,12-14H2,1-4H3,(H,27,29). The Bertz CT molecular complexity index is 987. The largest absolute Gasteiger partial charge is 0.480 e. The van der Waals surface area contributed by atoms with Gasteiger partial charge in [0.2, 0.25) is 5.91 Å². The molecule has 1 unspecified atom stereocenters. The summed E-state index contributed by atoms with van der Waals surface area (Å²) in [6.07, 6.45) is 0.282. The van der Waals surface area contributed by atoms with E-state index in [1.54, 1.807) is 23.1 Å². The van der Waals surface area contributed by atoms with Crippen LogP contribution in [0.2, 0.25) is 5.02 Å². The van der Waals surface area contributed by atoms with Crippen LogP contribution in [0.1, 0.15) is 51.7 Å². The average Bonchev–Trinajstić information content (AvgIpc) is 2.79. The molecule has 31 heavy (non-hydrogen) atoms. The van der Waals surface area contributed by atoms with Crippen molar-refractivity contribution in [1.29, 1.82) is 0 Å². The van der Waals surface area contributed by atoms with Gasteiger partial charge < -0.3 is 15.0 Å². The smallest absolute Gasteiger partial charge is 0.264 e. The maximum absolute atomic E-state index is 13.4. The van der Waals surface area contributed by atoms with E-state index >= 15 is 0 Å². The minimum Gasteiger partial charge on any atom is -0.480 e. The van der Waals surface area contributed by atoms with Gasteiger partial charge in [0.15, 0.2) is 6.10 Å². The van der Waals surface area contributed by atoms with E-state index in [-0.39, 0.29) is 28.8 Å². The molecule has 0 radical (unpaired) electrons. The van der Waals surface area contributed by atoms with E-state index < -0.39 is 11.9 Å². The number of halogens is 2. The second-order valence-corrected chi connectivity index (χ2v) is 9.46. The van der Waals surface area contributed by atoms with E-state index in [1.165, 1.54) is 12.1 Å². The number of amides is 2. The highest BCUT2D eigenvalue weighted by Gasteiger charge is 2.30. The van der Waals surface area contributed by atoms with E-state index in [0.717, 1.165) is 5.56 Å². The zero-order valence-electron chi connectivity index (χ0n) is 18.3. The first kappa shape index (κ1) is 23.1. The molecule has 2 aromatic carbocycles. The maximum Gasteiger partial charge on any atom is 0.264 e. The first-order valence-electron chi connectivity index (χ1n) is 10.4. The fraction of sp³-hybridized carbons (Fsp3) is 0.417. The lowest BCUT2D eigenvalue weighted by atomic mass is 9.92. The highest BCUT2D eigenvalue weighted by Crippen LogP contribution is 2.31. The van der Waals surface area contributed by atoms with Crippen LogP contribution in [0.15, 0.2) is 36.4 Å². The van der Waals surface area contributed by atoms with Crippen LogP contribution in [0.3, 0.4) is 0 Å². The number of nitrogens with zero attached hydrogens (tertiary/aromatic N) is 1. The van der Waals surface area contributed by atoms with E-state index in [0.29, 0.717) is 36.4 Å². The molecule has 0 saturated carbocycles. The minimum absolute atomic E-state index is 0.0700. The van der Waals surface area contributed by atoms with Gasteiger partial charge in [0.1, 0.15) is 11.6 Å². The first-order valence-corrected chi connectivity index (χ1v) is 10.8. The molecule has 0 aliphatic carbocycles. The summed E-state index contributed by atoms with van der Waals surface area (Å²) in [5.74, 6) is -0.0368. The molecule has 1 N–H and O–H groups in total. The van der Waals surface area contributed by atoms with Crippen LogP contribution >= 0.6 is 11.6 Å². The molecule has 5 nitrogen and oxygen atoms in total. The molecule has 0 fully saturated rings. The van der Waals surface area contributed by atoms with Crippen molar-refractivity contribution in [3.8, 4) is 5.75 Å². The van der Waals surface area contributed by atoms with Gasteiger partial charge in [-0.05, 0) is 47.7 Å². The van der Waals surface area contributed by atoms with Crippen molar-refractivity contribution < 1.29 is 18.7 Å². The summed E-state index contributed by atoms with van der Waals surface area (Å²) in [4.78, 5) is 27.0. The number of fused-ring (bicyclic) bond motifs is 1. The molecule has 166 valence electrons. The Morgan fingerprint density at radius 1 is 1.26 bits per heavy atom. The molecule has 2 aromatic rings. The number of rotatable bonds is 5. The fourth-order valence-corrected chi connectivity index (χ4v) is 3.75. The van der Waals surface area contributed by atoms with Crippen LogP contribution in [0, 0.1) is 11.2 Å². The number of carbonyl (C=O) groups excluding carboxylic acids is 2. The highest BCUT2D eigenvalue weighted by atomic mass is 35.5. The summed E-state index contributed by atoms with van der Waals surface area (Å²) >= 11 is 6.19. The quantitative estimate of drug-likeness (QED) is 0.654. The van der Waals surface area contributed by atoms with Crippen molar-refractivity contribution in [1.82, 2.24) is 4.90 Å². The van der Waals surface area contributed by atoms with Gasteiger partial charge in [0.05, 0.1) is 0 Å². The SMILES string of the molecule is CCC1Oc2ccc(NC(=O)CC(C)(C)C)cc2CN(Cc2ccc(F)cc2Cl)C1=O. The topological polar surface area (TPSA) is 58.6 Å². The molecule has 1 aliphatic rings. The van der Waals surface area contributed by atoms with E-state index in [4.69, 9.17) is 16.3 Å². The van der Waals surface area contributed by atoms with Gasteiger partial charge in [0, 0.05) is 35.8 Å². The van der Waals surface area contributed by atoms with Crippen molar-refractivity contribution in [2.24, 2.45) is 5.41 Å². The Morgan fingerprint density at radius 3 is 2.65 bits per heavy atom. The van der Waals surface area contributed by atoms with Gasteiger partial charge in [-0.2, -0.15) is 0 Å². The van der Waals surface area contributed by atoms with Crippen LogP contribution in [-0.4, -0.2) is 22.8 Å². The molecule has 0 bridgehead atoms. The monoisotopic (exact) mass is 446 g/mol. The van der Waals surface area contributed by atoms with Gasteiger partial charge >= 0.3 is 0 Å². The minimum atomic E-state index is -0.623. The molecule has 1 heterocycles. The van der Waals surface area contributed by atoms with Gasteiger partial charge in [-0.25, -0.2) is 4.39 Å². The Kier molecular flexibility index (Phi) is 6.90. The summed E-state index contributed by atoms with van der Waals surface area (Å²) in [5.41, 5.74) is 1.98. The Morgan fingerprint density at radius 2 is 2.00 bits per heavy atom. The second kappa shape index (κ2) is 9.27. The third-order valence-electron chi connectivity index (χ3n) is 5.00. The van der Waals surface area contributed by atoms with Gasteiger partial charge in [-0.15, -0.1) is 0 Å². The lowest BCUT2D eigenvalue weighted by molar-refractivity contribution is -0.139. The van der Waals surface area contributed by atoms with Crippen LogP contribution in [0.4, 0.5) is 10.1 Å². The second-order valence-electron chi connectivity index (χ2n) is 9.05. The predicted molar refractivity (Wildman–Crippen MR) is 120 cm³/mol. The number of ether oxygens (including phenoxy) is 1. The number of hydrogen-bond donors (Lipinski definition) is 1. The van der Waals surface area contributed by atoms with Crippen molar-refractivity contribution in [2.75, 3.05) is 5.32 Å². The molecule has 0 saturated heterocycles. The summed E-state index contributed by atoms with van der Waals surface area (Å²) in [7, 11) is 0. The van der Waals surface area contributed by atoms with E-state index in [9.17, 15) is 14.0 Å². The molecular weight excluding hydrogens is 419 g/mol. The molecule has 3 rings (SSSR count). The molecule has 0 aromatic heterocycles. The molecular formula is C24H28ClFN2O3. The lowest BCUT2D eigenvalue weighted by Gasteiger charge is -2.24. The predicted octanol–water partition coefficient (Wildman–Crippen LogP) is 5.55. The van der Waals surface area contributed by atoms with Gasteiger partial charge in [0.25, 0.3) is 5.91 Å². The Balaban J connectivity index is 1.86. The average molecular weight is 447 g/mol. The summed E-state index contributed by atoms with van der Waals surface area (Å²) in [6.45, 7) is 8.43. The fourth-order valence-electron chi connectivity index (χ4n) is 3.52. The van der Waals surface area contributed by atoms with E-state index in [2.05, 4.69) is 5.32 Å². The number of benzene rings is 2. The highest BCUT2D eigenvalue weighted by molar-refractivity contribution is 6.31. The molecule has 0 spiro atoms. The van der Waals surface area contributed by atoms with Crippen LogP contribution in [0.25, 0.3) is 0 Å². The number of carbonyl (C=O) groups is 2. The summed E-state index contributed by atoms with van der Waals surface area (Å²) < 4.78 is 19.4. The van der Waals surface area contributed by atoms with Crippen LogP contribution in [-0.2, 0) is 22.7 Å². The van der Waals surface area contributed by atoms with E-state index in [1.807, 2.05) is 33.8 Å². The lowest BCUT2D eigenvalue weighted by Crippen LogP contribution is -2.38. The molecule has 2 amide bonds. The third kappa shape index (κ3) is 5.97. The number of hydrogen-bond acceptors (Lipinski definition) is 3. The molecule has 1 aliphatic heterocycles. The summed E-state index contributed by atoms with van der Waals surface area (Å²) in [5, 5.41) is 3.20.